The van der Waals surface area contributed by atoms with Crippen molar-refractivity contribution in [1.82, 2.24) is 20.1 Å². The van der Waals surface area contributed by atoms with Gasteiger partial charge in [-0.1, -0.05) is 0 Å². The van der Waals surface area contributed by atoms with Crippen LogP contribution in [0.15, 0.2) is 11.7 Å². The Labute approximate surface area is 115 Å². The number of nitrogens with zero attached hydrogens (tertiary/aromatic N) is 3. The maximum atomic E-state index is 11.0. The topological polar surface area (TPSA) is 82.1 Å². The monoisotopic (exact) mass is 280 g/mol. The average Bonchev–Trinajstić information content (AvgIpc) is 2.95. The number of nitrogens with one attached hydrogen (secondary N) is 1. The molecular weight excluding hydrogens is 264 g/mol. The van der Waals surface area contributed by atoms with Gasteiger partial charge in [-0.15, -0.1) is 11.3 Å². The summed E-state index contributed by atoms with van der Waals surface area (Å²) in [6, 6.07) is 0. The number of hydrogen-bond acceptors (Lipinski definition) is 5. The third-order valence-corrected chi connectivity index (χ3v) is 3.93. The van der Waals surface area contributed by atoms with E-state index in [9.17, 15) is 4.79 Å². The molecule has 7 heteroatoms. The molecule has 2 aromatic heterocycles. The van der Waals surface area contributed by atoms with E-state index in [0.29, 0.717) is 12.1 Å². The highest BCUT2D eigenvalue weighted by atomic mass is 32.1. The number of H-pyrrole nitrogens is 1. The molecule has 0 saturated heterocycles. The number of aryl methyl sites for hydroxylation is 1. The highest BCUT2D eigenvalue weighted by Crippen LogP contribution is 2.14. The summed E-state index contributed by atoms with van der Waals surface area (Å²) in [5.41, 5.74) is 3.80. The summed E-state index contributed by atoms with van der Waals surface area (Å²) in [5, 5.41) is 15.3. The zero-order valence-corrected chi connectivity index (χ0v) is 11.7. The van der Waals surface area contributed by atoms with Gasteiger partial charge in [0.15, 0.2) is 0 Å². The van der Waals surface area contributed by atoms with Crippen LogP contribution in [0.25, 0.3) is 0 Å². The number of aromatic amines is 1. The molecule has 2 N–H and O–H groups in total. The van der Waals surface area contributed by atoms with E-state index < -0.39 is 5.97 Å². The summed E-state index contributed by atoms with van der Waals surface area (Å²) in [4.78, 5) is 18.5. The van der Waals surface area contributed by atoms with Crippen molar-refractivity contribution in [2.75, 3.05) is 13.6 Å². The number of aromatic nitrogens is 3. The van der Waals surface area contributed by atoms with Crippen molar-refractivity contribution in [3.8, 4) is 0 Å². The fraction of sp³-hybridized carbons (Fsp3) is 0.417. The number of carbonyl (C=O) groups is 1. The van der Waals surface area contributed by atoms with Crippen molar-refractivity contribution in [3.63, 3.8) is 0 Å². The molecule has 0 aromatic carbocycles. The quantitative estimate of drug-likeness (QED) is 0.839. The molecule has 0 unspecified atom stereocenters. The Morgan fingerprint density at radius 1 is 1.58 bits per heavy atom. The summed E-state index contributed by atoms with van der Waals surface area (Å²) >= 11 is 1.66. The Bertz CT molecular complexity index is 564. The average molecular weight is 280 g/mol. The van der Waals surface area contributed by atoms with Gasteiger partial charge in [0, 0.05) is 23.5 Å². The Balaban J connectivity index is 1.91. The molecular formula is C12H16N4O2S. The third-order valence-electron chi connectivity index (χ3n) is 2.94. The molecule has 0 bridgehead atoms. The first-order chi connectivity index (χ1) is 9.08. The van der Waals surface area contributed by atoms with Crippen LogP contribution in [-0.2, 0) is 13.0 Å². The van der Waals surface area contributed by atoms with Gasteiger partial charge in [-0.3, -0.25) is 5.10 Å². The van der Waals surface area contributed by atoms with E-state index in [4.69, 9.17) is 5.11 Å². The van der Waals surface area contributed by atoms with Gasteiger partial charge in [0.2, 0.25) is 0 Å². The van der Waals surface area contributed by atoms with E-state index >= 15 is 0 Å². The van der Waals surface area contributed by atoms with E-state index in [0.717, 1.165) is 18.7 Å². The van der Waals surface area contributed by atoms with Crippen LogP contribution >= 0.6 is 11.3 Å². The molecule has 19 heavy (non-hydrogen) atoms. The maximum Gasteiger partial charge on any atom is 0.354 e. The molecule has 0 aliphatic heterocycles. The van der Waals surface area contributed by atoms with Gasteiger partial charge in [0.05, 0.1) is 17.4 Å². The second kappa shape index (κ2) is 5.94. The smallest absolute Gasteiger partial charge is 0.354 e. The van der Waals surface area contributed by atoms with Crippen LogP contribution in [0.5, 0.6) is 0 Å². The van der Waals surface area contributed by atoms with Crippen molar-refractivity contribution < 1.29 is 9.90 Å². The van der Waals surface area contributed by atoms with Gasteiger partial charge in [-0.05, 0) is 20.4 Å². The second-order valence-corrected chi connectivity index (χ2v) is 5.36. The van der Waals surface area contributed by atoms with E-state index in [1.165, 1.54) is 4.88 Å². The Morgan fingerprint density at radius 2 is 2.37 bits per heavy atom. The molecule has 0 fully saturated rings. The molecule has 2 aromatic rings. The number of carboxylic acids is 1. The Morgan fingerprint density at radius 3 is 3.00 bits per heavy atom. The van der Waals surface area contributed by atoms with Crippen LogP contribution in [0.2, 0.25) is 0 Å². The van der Waals surface area contributed by atoms with Crippen LogP contribution in [0.4, 0.5) is 0 Å². The predicted octanol–water partition coefficient (Wildman–Crippen LogP) is 1.55. The maximum absolute atomic E-state index is 11.0. The van der Waals surface area contributed by atoms with Gasteiger partial charge in [-0.25, -0.2) is 9.78 Å². The highest BCUT2D eigenvalue weighted by molar-refractivity contribution is 7.09. The molecule has 0 amide bonds. The summed E-state index contributed by atoms with van der Waals surface area (Å²) in [6.45, 7) is 3.42. The lowest BCUT2D eigenvalue weighted by molar-refractivity contribution is 0.0688. The summed E-state index contributed by atoms with van der Waals surface area (Å²) in [5.74, 6) is -0.973. The molecule has 2 heterocycles. The van der Waals surface area contributed by atoms with E-state index in [-0.39, 0.29) is 5.69 Å². The fourth-order valence-electron chi connectivity index (χ4n) is 1.84. The number of carboxylic acid groups (broad SMARTS) is 1. The van der Waals surface area contributed by atoms with Crippen LogP contribution in [0, 0.1) is 6.92 Å². The number of rotatable bonds is 6. The minimum Gasteiger partial charge on any atom is -0.477 e. The molecule has 0 saturated carbocycles. The number of thiazole rings is 1. The van der Waals surface area contributed by atoms with Gasteiger partial charge in [0.1, 0.15) is 5.69 Å². The van der Waals surface area contributed by atoms with Crippen LogP contribution < -0.4 is 0 Å². The molecule has 0 radical (unpaired) electrons. The third kappa shape index (κ3) is 3.39. The lowest BCUT2D eigenvalue weighted by atomic mass is 10.2. The first kappa shape index (κ1) is 13.7. The van der Waals surface area contributed by atoms with Gasteiger partial charge >= 0.3 is 5.97 Å². The fourth-order valence-corrected chi connectivity index (χ4v) is 2.61. The standard InChI is InChI=1S/C12H16N4O2S/c1-8-10(19-7-13-8)3-4-16(2)6-9-5-14-15-11(9)12(17)18/h5,7H,3-4,6H2,1-2H3,(H,14,15)(H,17,18). The van der Waals surface area contributed by atoms with E-state index in [1.807, 2.05) is 19.5 Å². The first-order valence-corrected chi connectivity index (χ1v) is 6.79. The first-order valence-electron chi connectivity index (χ1n) is 5.91. The molecule has 0 atom stereocenters. The highest BCUT2D eigenvalue weighted by Gasteiger charge is 2.14. The van der Waals surface area contributed by atoms with Crippen molar-refractivity contribution in [3.05, 3.63) is 33.5 Å². The molecule has 6 nitrogen and oxygen atoms in total. The zero-order valence-electron chi connectivity index (χ0n) is 10.9. The van der Waals surface area contributed by atoms with Crippen LogP contribution in [0.3, 0.4) is 0 Å². The number of likely N-dealkylation sites (N-methyl/N-ethyl adjacent to an activating group) is 1. The minimum absolute atomic E-state index is 0.167. The SMILES string of the molecule is Cc1ncsc1CCN(C)Cc1cn[nH]c1C(=O)O. The Hall–Kier alpha value is -1.73. The lowest BCUT2D eigenvalue weighted by Crippen LogP contribution is -2.21. The summed E-state index contributed by atoms with van der Waals surface area (Å²) in [7, 11) is 1.97. The normalized spacial score (nSPS) is 11.1. The van der Waals surface area contributed by atoms with Crippen molar-refractivity contribution in [1.29, 1.82) is 0 Å². The van der Waals surface area contributed by atoms with Crippen molar-refractivity contribution in [2.45, 2.75) is 19.9 Å². The van der Waals surface area contributed by atoms with E-state index in [2.05, 4.69) is 20.1 Å². The van der Waals surface area contributed by atoms with Crippen molar-refractivity contribution >= 4 is 17.3 Å². The van der Waals surface area contributed by atoms with Crippen LogP contribution in [0.1, 0.15) is 26.6 Å². The van der Waals surface area contributed by atoms with E-state index in [1.54, 1.807) is 17.5 Å². The largest absolute Gasteiger partial charge is 0.477 e. The molecule has 2 rings (SSSR count). The van der Waals surface area contributed by atoms with Crippen molar-refractivity contribution in [2.24, 2.45) is 0 Å². The molecule has 0 spiro atoms. The molecule has 102 valence electrons. The lowest BCUT2D eigenvalue weighted by Gasteiger charge is -2.15. The Kier molecular flexibility index (Phi) is 4.28. The summed E-state index contributed by atoms with van der Waals surface area (Å²) in [6.07, 6.45) is 2.49. The number of hydrogen-bond donors (Lipinski definition) is 2. The minimum atomic E-state index is -0.973. The molecule has 0 aliphatic carbocycles. The second-order valence-electron chi connectivity index (χ2n) is 4.42. The summed E-state index contributed by atoms with van der Waals surface area (Å²) < 4.78 is 0. The number of aromatic carboxylic acids is 1. The predicted molar refractivity (Wildman–Crippen MR) is 72.4 cm³/mol. The van der Waals surface area contributed by atoms with Gasteiger partial charge < -0.3 is 10.0 Å². The van der Waals surface area contributed by atoms with Crippen LogP contribution in [-0.4, -0.2) is 44.7 Å². The van der Waals surface area contributed by atoms with Gasteiger partial charge in [-0.2, -0.15) is 5.10 Å². The molecule has 0 aliphatic rings. The zero-order chi connectivity index (χ0) is 13.8. The van der Waals surface area contributed by atoms with Gasteiger partial charge in [0.25, 0.3) is 0 Å².